The molecule has 1 aromatic carbocycles. The zero-order valence-corrected chi connectivity index (χ0v) is 12.4. The number of hydrazone groups is 1. The first kappa shape index (κ1) is 14.3. The SMILES string of the molecule is C=C(NS(=O)(=O)c1ccc(I)cc1)S/C=N\N. The molecule has 0 aliphatic heterocycles. The number of hydrogen-bond acceptors (Lipinski definition) is 5. The molecule has 17 heavy (non-hydrogen) atoms. The van der Waals surface area contributed by atoms with Crippen LogP contribution in [0.25, 0.3) is 0 Å². The van der Waals surface area contributed by atoms with E-state index < -0.39 is 10.0 Å². The molecule has 0 heterocycles. The first-order valence-corrected chi connectivity index (χ1v) is 7.75. The fourth-order valence-electron chi connectivity index (χ4n) is 0.941. The van der Waals surface area contributed by atoms with Gasteiger partial charge in [-0.3, -0.25) is 4.72 Å². The Hall–Kier alpha value is -0.740. The van der Waals surface area contributed by atoms with E-state index in [4.69, 9.17) is 5.84 Å². The molecular weight excluding hydrogens is 373 g/mol. The predicted molar refractivity (Wildman–Crippen MR) is 78.9 cm³/mol. The molecule has 0 aliphatic rings. The van der Waals surface area contributed by atoms with E-state index in [0.29, 0.717) is 0 Å². The third-order valence-corrected chi connectivity index (χ3v) is 4.50. The predicted octanol–water partition coefficient (Wildman–Crippen LogP) is 1.68. The number of nitrogens with one attached hydrogen (secondary N) is 1. The fraction of sp³-hybridized carbons (Fsp3) is 0. The summed E-state index contributed by atoms with van der Waals surface area (Å²) in [4.78, 5) is 0.185. The second-order valence-corrected chi connectivity index (χ2v) is 6.72. The van der Waals surface area contributed by atoms with E-state index in [1.54, 1.807) is 12.1 Å². The van der Waals surface area contributed by atoms with Crippen molar-refractivity contribution in [2.45, 2.75) is 4.90 Å². The average Bonchev–Trinajstić information content (AvgIpc) is 2.26. The molecule has 0 fully saturated rings. The highest BCUT2D eigenvalue weighted by Crippen LogP contribution is 2.15. The highest BCUT2D eigenvalue weighted by Gasteiger charge is 2.14. The first-order valence-electron chi connectivity index (χ1n) is 4.31. The smallest absolute Gasteiger partial charge is 0.262 e. The molecule has 0 amide bonds. The Balaban J connectivity index is 2.82. The van der Waals surface area contributed by atoms with Gasteiger partial charge in [-0.1, -0.05) is 18.3 Å². The molecule has 5 nitrogen and oxygen atoms in total. The fourth-order valence-corrected chi connectivity index (χ4v) is 2.92. The monoisotopic (exact) mass is 383 g/mol. The summed E-state index contributed by atoms with van der Waals surface area (Å²) >= 11 is 3.10. The van der Waals surface area contributed by atoms with Crippen LogP contribution in [-0.2, 0) is 10.0 Å². The topological polar surface area (TPSA) is 84.5 Å². The van der Waals surface area contributed by atoms with Crippen LogP contribution in [0.5, 0.6) is 0 Å². The number of rotatable bonds is 5. The van der Waals surface area contributed by atoms with E-state index in [-0.39, 0.29) is 9.92 Å². The van der Waals surface area contributed by atoms with Crippen LogP contribution < -0.4 is 10.6 Å². The summed E-state index contributed by atoms with van der Waals surface area (Å²) in [6.07, 6.45) is 0. The van der Waals surface area contributed by atoms with E-state index in [1.165, 1.54) is 17.7 Å². The van der Waals surface area contributed by atoms with Crippen LogP contribution in [0.1, 0.15) is 0 Å². The molecule has 3 N–H and O–H groups in total. The molecule has 0 bridgehead atoms. The Morgan fingerprint density at radius 3 is 2.59 bits per heavy atom. The Morgan fingerprint density at radius 1 is 1.47 bits per heavy atom. The Morgan fingerprint density at radius 2 is 2.06 bits per heavy atom. The largest absolute Gasteiger partial charge is 0.323 e. The highest BCUT2D eigenvalue weighted by molar-refractivity contribution is 14.1. The number of sulfonamides is 1. The summed E-state index contributed by atoms with van der Waals surface area (Å²) in [6, 6.07) is 6.48. The maximum absolute atomic E-state index is 11.9. The summed E-state index contributed by atoms with van der Waals surface area (Å²) in [7, 11) is -3.58. The van der Waals surface area contributed by atoms with Crippen LogP contribution in [-0.4, -0.2) is 14.0 Å². The van der Waals surface area contributed by atoms with Gasteiger partial charge in [0, 0.05) is 3.57 Å². The lowest BCUT2D eigenvalue weighted by molar-refractivity contribution is 0.590. The van der Waals surface area contributed by atoms with Gasteiger partial charge in [0.25, 0.3) is 10.0 Å². The Labute approximate surface area is 118 Å². The van der Waals surface area contributed by atoms with Gasteiger partial charge in [-0.2, -0.15) is 5.10 Å². The van der Waals surface area contributed by atoms with Crippen LogP contribution in [0, 0.1) is 3.57 Å². The Bertz CT molecular complexity index is 526. The minimum Gasteiger partial charge on any atom is -0.323 e. The molecular formula is C9H10IN3O2S2. The van der Waals surface area contributed by atoms with Crippen molar-refractivity contribution in [2.75, 3.05) is 0 Å². The molecule has 0 saturated carbocycles. The zero-order chi connectivity index (χ0) is 12.9. The number of thioether (sulfide) groups is 1. The van der Waals surface area contributed by atoms with E-state index >= 15 is 0 Å². The summed E-state index contributed by atoms with van der Waals surface area (Å²) in [5.41, 5.74) is 1.29. The second-order valence-electron chi connectivity index (χ2n) is 2.85. The number of nitrogens with zero attached hydrogens (tertiary/aromatic N) is 1. The first-order chi connectivity index (χ1) is 7.95. The summed E-state index contributed by atoms with van der Waals surface area (Å²) in [5, 5.41) is 3.47. The van der Waals surface area contributed by atoms with Gasteiger partial charge >= 0.3 is 0 Å². The molecule has 0 spiro atoms. The standard InChI is InChI=1S/C9H10IN3O2S2/c1-7(16-6-12-11)13-17(14,15)9-4-2-8(10)3-5-9/h2-6,13H,1,11H2/b12-6-. The van der Waals surface area contributed by atoms with Crippen molar-refractivity contribution in [3.8, 4) is 0 Å². The van der Waals surface area contributed by atoms with Crippen LogP contribution in [0.15, 0.2) is 45.9 Å². The zero-order valence-electron chi connectivity index (χ0n) is 8.63. The molecule has 1 aromatic rings. The minimum absolute atomic E-state index is 0.185. The molecule has 0 atom stereocenters. The van der Waals surface area contributed by atoms with Crippen molar-refractivity contribution in [2.24, 2.45) is 10.9 Å². The summed E-state index contributed by atoms with van der Waals surface area (Å²) in [5.74, 6) is 4.90. The number of halogens is 1. The van der Waals surface area contributed by atoms with Crippen LogP contribution >= 0.6 is 34.4 Å². The molecule has 1 rings (SSSR count). The van der Waals surface area contributed by atoms with E-state index in [2.05, 4.69) is 39.0 Å². The molecule has 0 unspecified atom stereocenters. The number of hydrogen-bond donors (Lipinski definition) is 2. The third-order valence-electron chi connectivity index (χ3n) is 1.63. The number of nitrogens with two attached hydrogens (primary N) is 1. The van der Waals surface area contributed by atoms with Gasteiger partial charge in [0.1, 0.15) is 0 Å². The summed E-state index contributed by atoms with van der Waals surface area (Å²) < 4.78 is 27.0. The van der Waals surface area contributed by atoms with Crippen LogP contribution in [0.2, 0.25) is 0 Å². The molecule has 0 radical (unpaired) electrons. The molecule has 92 valence electrons. The highest BCUT2D eigenvalue weighted by atomic mass is 127. The molecule has 0 saturated heterocycles. The number of benzene rings is 1. The third kappa shape index (κ3) is 4.56. The van der Waals surface area contributed by atoms with Crippen LogP contribution in [0.4, 0.5) is 0 Å². The van der Waals surface area contributed by atoms with Gasteiger partial charge in [-0.05, 0) is 46.9 Å². The lowest BCUT2D eigenvalue weighted by atomic mass is 10.4. The maximum Gasteiger partial charge on any atom is 0.262 e. The summed E-state index contributed by atoms with van der Waals surface area (Å²) in [6.45, 7) is 3.54. The molecule has 0 aromatic heterocycles. The maximum atomic E-state index is 11.9. The quantitative estimate of drug-likeness (QED) is 0.266. The van der Waals surface area contributed by atoms with Gasteiger partial charge in [0.15, 0.2) is 0 Å². The van der Waals surface area contributed by atoms with Crippen LogP contribution in [0.3, 0.4) is 0 Å². The van der Waals surface area contributed by atoms with Gasteiger partial charge in [0.2, 0.25) is 0 Å². The van der Waals surface area contributed by atoms with Gasteiger partial charge < -0.3 is 5.84 Å². The Kier molecular flexibility index (Phi) is 5.28. The van der Waals surface area contributed by atoms with Gasteiger partial charge in [-0.15, -0.1) is 0 Å². The van der Waals surface area contributed by atoms with Gasteiger partial charge in [0.05, 0.1) is 15.5 Å². The van der Waals surface area contributed by atoms with Crippen molar-refractivity contribution < 1.29 is 8.42 Å². The molecule has 0 aliphatic carbocycles. The van der Waals surface area contributed by atoms with Crippen molar-refractivity contribution in [3.05, 3.63) is 39.4 Å². The van der Waals surface area contributed by atoms with Crippen molar-refractivity contribution in [1.82, 2.24) is 4.72 Å². The lowest BCUT2D eigenvalue weighted by Gasteiger charge is -2.08. The van der Waals surface area contributed by atoms with Crippen molar-refractivity contribution in [1.29, 1.82) is 0 Å². The minimum atomic E-state index is -3.58. The second kappa shape index (κ2) is 6.26. The van der Waals surface area contributed by atoms with E-state index in [9.17, 15) is 8.42 Å². The normalized spacial score (nSPS) is 11.6. The van der Waals surface area contributed by atoms with E-state index in [1.807, 2.05) is 0 Å². The lowest BCUT2D eigenvalue weighted by Crippen LogP contribution is -2.21. The van der Waals surface area contributed by atoms with Crippen molar-refractivity contribution >= 4 is 49.9 Å². The van der Waals surface area contributed by atoms with E-state index in [0.717, 1.165) is 15.3 Å². The average molecular weight is 383 g/mol. The van der Waals surface area contributed by atoms with Gasteiger partial charge in [-0.25, -0.2) is 8.42 Å². The molecule has 8 heteroatoms. The van der Waals surface area contributed by atoms with Crippen molar-refractivity contribution in [3.63, 3.8) is 0 Å².